The van der Waals surface area contributed by atoms with Crippen molar-refractivity contribution in [3.63, 3.8) is 0 Å². The van der Waals surface area contributed by atoms with Crippen LogP contribution in [0.4, 0.5) is 0 Å². The number of hydrogen-bond acceptors (Lipinski definition) is 3. The van der Waals surface area contributed by atoms with E-state index >= 15 is 0 Å². The molecule has 1 unspecified atom stereocenters. The van der Waals surface area contributed by atoms with Gasteiger partial charge in [-0.15, -0.1) is 0 Å². The molecule has 2 heterocycles. The minimum absolute atomic E-state index is 0.0703. The zero-order valence-corrected chi connectivity index (χ0v) is 17.5. The van der Waals surface area contributed by atoms with Gasteiger partial charge in [0.05, 0.1) is 4.90 Å². The molecule has 0 saturated carbocycles. The van der Waals surface area contributed by atoms with Gasteiger partial charge in [-0.2, -0.15) is 4.31 Å². The monoisotopic (exact) mass is 412 g/mol. The summed E-state index contributed by atoms with van der Waals surface area (Å²) >= 11 is 0. The van der Waals surface area contributed by atoms with Crippen LogP contribution in [0, 0.1) is 0 Å². The summed E-state index contributed by atoms with van der Waals surface area (Å²) in [6.45, 7) is 1.84. The first kappa shape index (κ1) is 20.1. The molecule has 2 aliphatic rings. The van der Waals surface area contributed by atoms with Crippen LogP contribution in [0.25, 0.3) is 0 Å². The molecule has 0 radical (unpaired) electrons. The molecule has 0 spiro atoms. The van der Waals surface area contributed by atoms with Crippen molar-refractivity contribution in [1.29, 1.82) is 0 Å². The molecule has 1 atom stereocenters. The Morgan fingerprint density at radius 2 is 1.66 bits per heavy atom. The van der Waals surface area contributed by atoms with Gasteiger partial charge in [-0.05, 0) is 55.9 Å². The predicted molar refractivity (Wildman–Crippen MR) is 113 cm³/mol. The van der Waals surface area contributed by atoms with Crippen LogP contribution >= 0.6 is 0 Å². The number of amides is 1. The van der Waals surface area contributed by atoms with Gasteiger partial charge in [-0.1, -0.05) is 42.8 Å². The van der Waals surface area contributed by atoms with E-state index < -0.39 is 10.0 Å². The summed E-state index contributed by atoms with van der Waals surface area (Å²) in [6, 6.07) is 17.0. The first-order valence-electron chi connectivity index (χ1n) is 10.5. The fourth-order valence-electron chi connectivity index (χ4n) is 4.41. The molecule has 0 bridgehead atoms. The Morgan fingerprint density at radius 3 is 2.41 bits per heavy atom. The SMILES string of the molecule is O=C(c1cccc(S(=O)(=O)N2CCCCC2)c1)N1CCCC1Cc1ccccc1. The van der Waals surface area contributed by atoms with Gasteiger partial charge in [0, 0.05) is 31.2 Å². The molecule has 0 aliphatic carbocycles. The number of carbonyl (C=O) groups excluding carboxylic acids is 1. The number of sulfonamides is 1. The fraction of sp³-hybridized carbons (Fsp3) is 0.435. The summed E-state index contributed by atoms with van der Waals surface area (Å²) in [6.07, 6.45) is 5.65. The van der Waals surface area contributed by atoms with Crippen molar-refractivity contribution < 1.29 is 13.2 Å². The van der Waals surface area contributed by atoms with Crippen molar-refractivity contribution >= 4 is 15.9 Å². The summed E-state index contributed by atoms with van der Waals surface area (Å²) < 4.78 is 27.5. The minimum Gasteiger partial charge on any atom is -0.335 e. The Balaban J connectivity index is 1.53. The third-order valence-electron chi connectivity index (χ3n) is 5.99. The van der Waals surface area contributed by atoms with Crippen molar-refractivity contribution in [1.82, 2.24) is 9.21 Å². The average Bonchev–Trinajstić information content (AvgIpc) is 3.22. The van der Waals surface area contributed by atoms with Crippen LogP contribution in [0.3, 0.4) is 0 Å². The van der Waals surface area contributed by atoms with Gasteiger partial charge in [0.15, 0.2) is 0 Å². The number of rotatable bonds is 5. The number of carbonyl (C=O) groups is 1. The molecule has 5 nitrogen and oxygen atoms in total. The van der Waals surface area contributed by atoms with E-state index in [2.05, 4.69) is 12.1 Å². The van der Waals surface area contributed by atoms with Crippen LogP contribution in [-0.2, 0) is 16.4 Å². The second kappa shape index (κ2) is 8.67. The minimum atomic E-state index is -3.54. The van der Waals surface area contributed by atoms with E-state index in [9.17, 15) is 13.2 Å². The molecule has 6 heteroatoms. The molecular weight excluding hydrogens is 384 g/mol. The molecule has 2 aromatic rings. The number of hydrogen-bond donors (Lipinski definition) is 0. The van der Waals surface area contributed by atoms with Crippen LogP contribution in [0.1, 0.15) is 48.0 Å². The second-order valence-corrected chi connectivity index (χ2v) is 9.91. The van der Waals surface area contributed by atoms with Gasteiger partial charge in [0.2, 0.25) is 10.0 Å². The highest BCUT2D eigenvalue weighted by molar-refractivity contribution is 7.89. The lowest BCUT2D eigenvalue weighted by Crippen LogP contribution is -2.37. The first-order valence-corrected chi connectivity index (χ1v) is 11.9. The van der Waals surface area contributed by atoms with Crippen LogP contribution in [0.15, 0.2) is 59.5 Å². The quantitative estimate of drug-likeness (QED) is 0.752. The summed E-state index contributed by atoms with van der Waals surface area (Å²) in [5.74, 6) is -0.0703. The van der Waals surface area contributed by atoms with Crippen LogP contribution in [0.2, 0.25) is 0 Å². The van der Waals surface area contributed by atoms with Gasteiger partial charge >= 0.3 is 0 Å². The Labute approximate surface area is 173 Å². The maximum absolute atomic E-state index is 13.2. The normalized spacial score (nSPS) is 20.7. The van der Waals surface area contributed by atoms with Gasteiger partial charge in [-0.25, -0.2) is 8.42 Å². The highest BCUT2D eigenvalue weighted by atomic mass is 32.2. The molecule has 1 amide bonds. The Morgan fingerprint density at radius 1 is 0.897 bits per heavy atom. The number of piperidine rings is 1. The van der Waals surface area contributed by atoms with Crippen molar-refractivity contribution in [3.05, 3.63) is 65.7 Å². The highest BCUT2D eigenvalue weighted by Gasteiger charge is 2.31. The first-order chi connectivity index (χ1) is 14.1. The zero-order chi connectivity index (χ0) is 20.3. The maximum atomic E-state index is 13.2. The zero-order valence-electron chi connectivity index (χ0n) is 16.7. The summed E-state index contributed by atoms with van der Waals surface area (Å²) in [5, 5.41) is 0. The third kappa shape index (κ3) is 4.38. The molecule has 0 N–H and O–H groups in total. The molecule has 29 heavy (non-hydrogen) atoms. The third-order valence-corrected chi connectivity index (χ3v) is 7.88. The van der Waals surface area contributed by atoms with Crippen molar-refractivity contribution in [2.24, 2.45) is 0 Å². The van der Waals surface area contributed by atoms with E-state index in [4.69, 9.17) is 0 Å². The number of benzene rings is 2. The van der Waals surface area contributed by atoms with E-state index in [1.807, 2.05) is 23.1 Å². The van der Waals surface area contributed by atoms with Crippen LogP contribution < -0.4 is 0 Å². The predicted octanol–water partition coefficient (Wildman–Crippen LogP) is 3.71. The summed E-state index contributed by atoms with van der Waals surface area (Å²) in [7, 11) is -3.54. The molecular formula is C23H28N2O3S. The Kier molecular flexibility index (Phi) is 6.01. The average molecular weight is 413 g/mol. The van der Waals surface area contributed by atoms with Crippen LogP contribution in [0.5, 0.6) is 0 Å². The largest absolute Gasteiger partial charge is 0.335 e. The van der Waals surface area contributed by atoms with E-state index in [1.54, 1.807) is 28.6 Å². The smallest absolute Gasteiger partial charge is 0.254 e. The van der Waals surface area contributed by atoms with Gasteiger partial charge in [0.1, 0.15) is 0 Å². The molecule has 2 aromatic carbocycles. The van der Waals surface area contributed by atoms with Crippen molar-refractivity contribution in [3.8, 4) is 0 Å². The Hall–Kier alpha value is -2.18. The molecule has 154 valence electrons. The molecule has 0 aromatic heterocycles. The van der Waals surface area contributed by atoms with Gasteiger partial charge < -0.3 is 4.90 Å². The molecule has 4 rings (SSSR count). The standard InChI is InChI=1S/C23H28N2O3S/c26-23(25-16-8-12-21(25)17-19-9-3-1-4-10-19)20-11-7-13-22(18-20)29(27,28)24-14-5-2-6-15-24/h1,3-4,7,9-11,13,18,21H,2,5-6,8,12,14-17H2. The Bertz CT molecular complexity index is 953. The summed E-state index contributed by atoms with van der Waals surface area (Å²) in [5.41, 5.74) is 1.68. The van der Waals surface area contributed by atoms with Crippen molar-refractivity contribution in [2.75, 3.05) is 19.6 Å². The van der Waals surface area contributed by atoms with Gasteiger partial charge in [-0.3, -0.25) is 4.79 Å². The fourth-order valence-corrected chi connectivity index (χ4v) is 5.97. The van der Waals surface area contributed by atoms with E-state index in [0.717, 1.165) is 45.1 Å². The van der Waals surface area contributed by atoms with Crippen LogP contribution in [-0.4, -0.2) is 49.2 Å². The summed E-state index contributed by atoms with van der Waals surface area (Å²) in [4.78, 5) is 15.4. The van der Waals surface area contributed by atoms with E-state index in [1.165, 1.54) is 5.56 Å². The van der Waals surface area contributed by atoms with Gasteiger partial charge in [0.25, 0.3) is 5.91 Å². The lowest BCUT2D eigenvalue weighted by Gasteiger charge is -2.27. The molecule has 2 aliphatic heterocycles. The van der Waals surface area contributed by atoms with E-state index in [-0.39, 0.29) is 16.8 Å². The topological polar surface area (TPSA) is 57.7 Å². The highest BCUT2D eigenvalue weighted by Crippen LogP contribution is 2.26. The lowest BCUT2D eigenvalue weighted by molar-refractivity contribution is 0.0736. The van der Waals surface area contributed by atoms with Crippen molar-refractivity contribution in [2.45, 2.75) is 49.5 Å². The second-order valence-electron chi connectivity index (χ2n) is 7.98. The number of nitrogens with zero attached hydrogens (tertiary/aromatic N) is 2. The number of likely N-dealkylation sites (tertiary alicyclic amines) is 1. The van der Waals surface area contributed by atoms with E-state index in [0.29, 0.717) is 18.7 Å². The maximum Gasteiger partial charge on any atom is 0.254 e. The molecule has 2 fully saturated rings. The molecule has 2 saturated heterocycles. The lowest BCUT2D eigenvalue weighted by atomic mass is 10.0.